The van der Waals surface area contributed by atoms with Crippen LogP contribution in [0.4, 0.5) is 5.95 Å². The average Bonchev–Trinajstić information content (AvgIpc) is 3.19. The highest BCUT2D eigenvalue weighted by Gasteiger charge is 2.39. The van der Waals surface area contributed by atoms with Gasteiger partial charge in [-0.15, -0.1) is 0 Å². The van der Waals surface area contributed by atoms with Gasteiger partial charge in [0.1, 0.15) is 5.65 Å². The monoisotopic (exact) mass is 519 g/mol. The minimum absolute atomic E-state index is 0.0391. The molecule has 2 N–H and O–H groups in total. The summed E-state index contributed by atoms with van der Waals surface area (Å²) < 4.78 is 34.5. The number of ether oxygens (including phenoxy) is 1. The first-order valence-electron chi connectivity index (χ1n) is 13.1. The summed E-state index contributed by atoms with van der Waals surface area (Å²) >= 11 is 0. The number of anilines is 1. The lowest BCUT2D eigenvalue weighted by Crippen LogP contribution is -2.44. The normalized spacial score (nSPS) is 27.0. The fourth-order valence-electron chi connectivity index (χ4n) is 5.93. The second-order valence-electron chi connectivity index (χ2n) is 10.9. The van der Waals surface area contributed by atoms with Crippen LogP contribution >= 0.6 is 0 Å². The molecule has 11 heteroatoms. The molecule has 3 aliphatic rings. The second kappa shape index (κ2) is 10.00. The fourth-order valence-corrected chi connectivity index (χ4v) is 7.84. The lowest BCUT2D eigenvalue weighted by molar-refractivity contribution is 0.0266. The Labute approximate surface area is 212 Å². The number of aliphatic hydroxyl groups is 1. The summed E-state index contributed by atoms with van der Waals surface area (Å²) in [5.74, 6) is 0.789. The zero-order chi connectivity index (χ0) is 25.5. The minimum atomic E-state index is -3.29. The zero-order valence-electron chi connectivity index (χ0n) is 21.1. The third kappa shape index (κ3) is 5.16. The molecule has 198 valence electrons. The number of aryl methyl sites for hydroxylation is 1. The highest BCUT2D eigenvalue weighted by atomic mass is 32.2. The van der Waals surface area contributed by atoms with Crippen molar-refractivity contribution in [2.45, 2.75) is 76.5 Å². The predicted octanol–water partition coefficient (Wildman–Crippen LogP) is 2.21. The van der Waals surface area contributed by atoms with Gasteiger partial charge in [0.2, 0.25) is 16.0 Å². The average molecular weight is 520 g/mol. The first-order valence-corrected chi connectivity index (χ1v) is 14.7. The zero-order valence-corrected chi connectivity index (χ0v) is 22.0. The summed E-state index contributed by atoms with van der Waals surface area (Å²) in [6.07, 6.45) is 6.86. The summed E-state index contributed by atoms with van der Waals surface area (Å²) in [5.41, 5.74) is 0.0180. The van der Waals surface area contributed by atoms with Crippen molar-refractivity contribution in [3.05, 3.63) is 28.2 Å². The van der Waals surface area contributed by atoms with Crippen molar-refractivity contribution in [3.63, 3.8) is 0 Å². The number of nitrogens with zero attached hydrogens (tertiary/aromatic N) is 4. The van der Waals surface area contributed by atoms with Gasteiger partial charge >= 0.3 is 0 Å². The number of sulfonamides is 1. The van der Waals surface area contributed by atoms with Crippen molar-refractivity contribution in [3.8, 4) is 0 Å². The number of aromatic nitrogens is 3. The lowest BCUT2D eigenvalue weighted by Gasteiger charge is -2.33. The van der Waals surface area contributed by atoms with Crippen molar-refractivity contribution >= 4 is 27.0 Å². The van der Waals surface area contributed by atoms with E-state index in [-0.39, 0.29) is 29.3 Å². The summed E-state index contributed by atoms with van der Waals surface area (Å²) in [7, 11) is -3.29. The maximum absolute atomic E-state index is 13.1. The van der Waals surface area contributed by atoms with Crippen molar-refractivity contribution in [2.75, 3.05) is 37.4 Å². The molecule has 10 nitrogen and oxygen atoms in total. The van der Waals surface area contributed by atoms with E-state index in [1.807, 2.05) is 0 Å². The Balaban J connectivity index is 1.30. The Morgan fingerprint density at radius 3 is 2.58 bits per heavy atom. The molecule has 0 bridgehead atoms. The van der Waals surface area contributed by atoms with Crippen LogP contribution in [0.15, 0.2) is 17.1 Å². The van der Waals surface area contributed by atoms with Gasteiger partial charge in [0.05, 0.1) is 17.4 Å². The van der Waals surface area contributed by atoms with Gasteiger partial charge in [-0.1, -0.05) is 0 Å². The van der Waals surface area contributed by atoms with Crippen LogP contribution in [0.25, 0.3) is 11.0 Å². The van der Waals surface area contributed by atoms with E-state index >= 15 is 0 Å². The molecule has 4 heterocycles. The Morgan fingerprint density at radius 1 is 1.19 bits per heavy atom. The van der Waals surface area contributed by atoms with Crippen LogP contribution in [0.1, 0.15) is 63.5 Å². The Bertz CT molecular complexity index is 1260. The summed E-state index contributed by atoms with van der Waals surface area (Å²) in [5, 5.41) is 15.0. The van der Waals surface area contributed by atoms with Gasteiger partial charge in [0.15, 0.2) is 0 Å². The number of hydrogen-bond acceptors (Lipinski definition) is 8. The molecule has 0 radical (unpaired) electrons. The quantitative estimate of drug-likeness (QED) is 0.595. The molecule has 3 fully saturated rings. The molecule has 2 saturated heterocycles. The van der Waals surface area contributed by atoms with E-state index in [4.69, 9.17) is 9.72 Å². The summed E-state index contributed by atoms with van der Waals surface area (Å²) in [4.78, 5) is 22.3. The lowest BCUT2D eigenvalue weighted by atomic mass is 9.99. The number of rotatable bonds is 6. The standard InChI is InChI=1S/C25H37N5O5S/c1-17-14-19-15-26-24(28-22(19)30(23(17)31)21-4-3-9-25(21,2)32)27-20-5-10-29(11-6-20)36(33,34)16-18-7-12-35-13-8-18/h14-15,18,20-21,32H,3-13,16H2,1-2H3,(H,26,27,28)/t21-,25-/m0/s1. The SMILES string of the molecule is Cc1cc2cnc(NC3CCN(S(=O)(=O)CC4CCOCC4)CC3)nc2n([C@H]2CCC[C@]2(C)O)c1=O. The van der Waals surface area contributed by atoms with E-state index in [9.17, 15) is 18.3 Å². The molecule has 2 aromatic heterocycles. The van der Waals surface area contributed by atoms with Crippen LogP contribution in [0, 0.1) is 12.8 Å². The van der Waals surface area contributed by atoms with Gasteiger partial charge < -0.3 is 15.2 Å². The van der Waals surface area contributed by atoms with Crippen LogP contribution < -0.4 is 10.9 Å². The third-order valence-electron chi connectivity index (χ3n) is 8.11. The van der Waals surface area contributed by atoms with Gasteiger partial charge in [0, 0.05) is 49.5 Å². The summed E-state index contributed by atoms with van der Waals surface area (Å²) in [6, 6.07) is 1.50. The van der Waals surface area contributed by atoms with Crippen molar-refractivity contribution in [1.82, 2.24) is 18.8 Å². The maximum atomic E-state index is 13.1. The molecule has 0 aromatic carbocycles. The molecule has 1 saturated carbocycles. The first-order chi connectivity index (χ1) is 17.1. The van der Waals surface area contributed by atoms with Gasteiger partial charge in [-0.3, -0.25) is 9.36 Å². The van der Waals surface area contributed by atoms with Crippen LogP contribution in [0.2, 0.25) is 0 Å². The molecule has 1 aliphatic carbocycles. The molecule has 2 atom stereocenters. The van der Waals surface area contributed by atoms with E-state index < -0.39 is 15.6 Å². The fraction of sp³-hybridized carbons (Fsp3) is 0.720. The maximum Gasteiger partial charge on any atom is 0.255 e. The number of hydrogen-bond donors (Lipinski definition) is 2. The molecule has 0 unspecified atom stereocenters. The Morgan fingerprint density at radius 2 is 1.92 bits per heavy atom. The predicted molar refractivity (Wildman–Crippen MR) is 138 cm³/mol. The van der Waals surface area contributed by atoms with Gasteiger partial charge in [0.25, 0.3) is 5.56 Å². The second-order valence-corrected chi connectivity index (χ2v) is 12.9. The molecular formula is C25H37N5O5S. The van der Waals surface area contributed by atoms with Crippen LogP contribution in [0.5, 0.6) is 0 Å². The first kappa shape index (κ1) is 25.6. The Hall–Kier alpha value is -2.08. The van der Waals surface area contributed by atoms with E-state index in [1.54, 1.807) is 35.0 Å². The smallest absolute Gasteiger partial charge is 0.255 e. The number of nitrogens with one attached hydrogen (secondary N) is 1. The van der Waals surface area contributed by atoms with Crippen LogP contribution in [-0.2, 0) is 14.8 Å². The molecule has 0 spiro atoms. The van der Waals surface area contributed by atoms with Gasteiger partial charge in [-0.05, 0) is 70.8 Å². The van der Waals surface area contributed by atoms with Crippen molar-refractivity contribution < 1.29 is 18.3 Å². The van der Waals surface area contributed by atoms with Gasteiger partial charge in [-0.2, -0.15) is 4.98 Å². The van der Waals surface area contributed by atoms with E-state index in [0.717, 1.165) is 31.1 Å². The van der Waals surface area contributed by atoms with Crippen molar-refractivity contribution in [2.24, 2.45) is 5.92 Å². The molecule has 5 rings (SSSR count). The van der Waals surface area contributed by atoms with Gasteiger partial charge in [-0.25, -0.2) is 17.7 Å². The number of pyridine rings is 1. The molecule has 0 amide bonds. The molecule has 36 heavy (non-hydrogen) atoms. The largest absolute Gasteiger partial charge is 0.388 e. The number of fused-ring (bicyclic) bond motifs is 1. The third-order valence-corrected chi connectivity index (χ3v) is 10.2. The Kier molecular flexibility index (Phi) is 7.10. The van der Waals surface area contributed by atoms with E-state index in [1.165, 1.54) is 0 Å². The molecular weight excluding hydrogens is 482 g/mol. The summed E-state index contributed by atoms with van der Waals surface area (Å²) in [6.45, 7) is 5.78. The van der Waals surface area contributed by atoms with Crippen LogP contribution in [0.3, 0.4) is 0 Å². The molecule has 2 aliphatic heterocycles. The van der Waals surface area contributed by atoms with Crippen LogP contribution in [-0.4, -0.2) is 76.1 Å². The van der Waals surface area contributed by atoms with E-state index in [2.05, 4.69) is 10.3 Å². The topological polar surface area (TPSA) is 127 Å². The highest BCUT2D eigenvalue weighted by molar-refractivity contribution is 7.89. The molecule has 2 aromatic rings. The number of piperidine rings is 1. The highest BCUT2D eigenvalue weighted by Crippen LogP contribution is 2.39. The minimum Gasteiger partial charge on any atom is -0.388 e. The van der Waals surface area contributed by atoms with E-state index in [0.29, 0.717) is 62.7 Å². The van der Waals surface area contributed by atoms with Crippen molar-refractivity contribution in [1.29, 1.82) is 0 Å².